The van der Waals surface area contributed by atoms with Gasteiger partial charge >= 0.3 is 6.18 Å². The maximum absolute atomic E-state index is 12.7. The first-order valence-electron chi connectivity index (χ1n) is 8.14. The van der Waals surface area contributed by atoms with Crippen LogP contribution in [0.4, 0.5) is 13.2 Å². The predicted molar refractivity (Wildman–Crippen MR) is 96.7 cm³/mol. The van der Waals surface area contributed by atoms with Gasteiger partial charge in [-0.05, 0) is 35.9 Å². The lowest BCUT2D eigenvalue weighted by Gasteiger charge is -2.08. The van der Waals surface area contributed by atoms with Crippen molar-refractivity contribution in [2.45, 2.75) is 12.6 Å². The van der Waals surface area contributed by atoms with Crippen LogP contribution in [0.5, 0.6) is 0 Å². The van der Waals surface area contributed by atoms with Crippen molar-refractivity contribution in [2.75, 3.05) is 0 Å². The summed E-state index contributed by atoms with van der Waals surface area (Å²) in [6, 6.07) is 18.0. The average molecular weight is 371 g/mol. The fourth-order valence-corrected chi connectivity index (χ4v) is 2.58. The van der Waals surface area contributed by atoms with Gasteiger partial charge in [-0.3, -0.25) is 4.79 Å². The third-order valence-corrected chi connectivity index (χ3v) is 3.82. The maximum Gasteiger partial charge on any atom is 0.416 e. The van der Waals surface area contributed by atoms with Crippen molar-refractivity contribution >= 4 is 12.1 Å². The van der Waals surface area contributed by atoms with E-state index in [4.69, 9.17) is 0 Å². The van der Waals surface area contributed by atoms with E-state index in [-0.39, 0.29) is 12.0 Å². The van der Waals surface area contributed by atoms with Crippen LogP contribution in [0.15, 0.2) is 78.0 Å². The topological polar surface area (TPSA) is 46.4 Å². The lowest BCUT2D eigenvalue weighted by atomic mass is 10.1. The highest BCUT2D eigenvalue weighted by molar-refractivity contribution is 5.82. The number of hydrazone groups is 1. The summed E-state index contributed by atoms with van der Waals surface area (Å²) in [5, 5.41) is 3.90. The van der Waals surface area contributed by atoms with Gasteiger partial charge in [-0.25, -0.2) is 5.43 Å². The molecule has 3 rings (SSSR count). The molecule has 0 fully saturated rings. The van der Waals surface area contributed by atoms with Gasteiger partial charge < -0.3 is 4.57 Å². The summed E-state index contributed by atoms with van der Waals surface area (Å²) in [5.74, 6) is -0.497. The van der Waals surface area contributed by atoms with Crippen molar-refractivity contribution < 1.29 is 18.0 Å². The molecule has 1 heterocycles. The van der Waals surface area contributed by atoms with Crippen LogP contribution in [0.3, 0.4) is 0 Å². The van der Waals surface area contributed by atoms with E-state index in [0.29, 0.717) is 0 Å². The molecule has 0 aliphatic rings. The quantitative estimate of drug-likeness (QED) is 0.531. The number of amides is 1. The number of carbonyl (C=O) groups excluding carboxylic acids is 1. The van der Waals surface area contributed by atoms with Gasteiger partial charge in [0.2, 0.25) is 5.91 Å². The van der Waals surface area contributed by atoms with Crippen molar-refractivity contribution in [1.82, 2.24) is 9.99 Å². The third kappa shape index (κ3) is 4.84. The summed E-state index contributed by atoms with van der Waals surface area (Å²) in [4.78, 5) is 11.9. The minimum Gasteiger partial charge on any atom is -0.316 e. The van der Waals surface area contributed by atoms with E-state index in [1.807, 2.05) is 53.2 Å². The van der Waals surface area contributed by atoms with E-state index in [0.717, 1.165) is 23.5 Å². The number of para-hydroxylation sites is 1. The number of hydrogen-bond acceptors (Lipinski definition) is 2. The summed E-state index contributed by atoms with van der Waals surface area (Å²) in [6.07, 6.45) is -1.29. The number of nitrogens with one attached hydrogen (secondary N) is 1. The lowest BCUT2D eigenvalue weighted by molar-refractivity contribution is -0.137. The van der Waals surface area contributed by atoms with E-state index >= 15 is 0 Å². The van der Waals surface area contributed by atoms with Crippen LogP contribution in [-0.2, 0) is 17.4 Å². The van der Waals surface area contributed by atoms with E-state index in [1.54, 1.807) is 0 Å². The first-order chi connectivity index (χ1) is 12.9. The van der Waals surface area contributed by atoms with E-state index < -0.39 is 17.6 Å². The highest BCUT2D eigenvalue weighted by Crippen LogP contribution is 2.29. The summed E-state index contributed by atoms with van der Waals surface area (Å²) in [7, 11) is 0. The fraction of sp³-hybridized carbons (Fsp3) is 0.100. The number of aromatic nitrogens is 1. The van der Waals surface area contributed by atoms with Crippen LogP contribution in [0.25, 0.3) is 5.69 Å². The fourth-order valence-electron chi connectivity index (χ4n) is 2.58. The lowest BCUT2D eigenvalue weighted by Crippen LogP contribution is -2.20. The smallest absolute Gasteiger partial charge is 0.316 e. The number of alkyl halides is 3. The third-order valence-electron chi connectivity index (χ3n) is 3.82. The Labute approximate surface area is 153 Å². The van der Waals surface area contributed by atoms with Crippen LogP contribution >= 0.6 is 0 Å². The Morgan fingerprint density at radius 1 is 1.04 bits per heavy atom. The Morgan fingerprint density at radius 3 is 2.56 bits per heavy atom. The SMILES string of the molecule is O=C(Cc1cccc(C(F)(F)F)c1)NN=Cc1cccn1-c1ccccc1. The molecule has 7 heteroatoms. The van der Waals surface area contributed by atoms with E-state index in [9.17, 15) is 18.0 Å². The number of carbonyl (C=O) groups is 1. The molecule has 0 aliphatic heterocycles. The number of nitrogens with zero attached hydrogens (tertiary/aromatic N) is 2. The standard InChI is InChI=1S/C20H16F3N3O/c21-20(22,23)16-7-4-6-15(12-16)13-19(27)25-24-14-18-10-5-11-26(18)17-8-2-1-3-9-17/h1-12,14H,13H2,(H,25,27). The van der Waals surface area contributed by atoms with Crippen LogP contribution in [0, 0.1) is 0 Å². The minimum absolute atomic E-state index is 0.193. The van der Waals surface area contributed by atoms with Gasteiger partial charge in [0, 0.05) is 11.9 Å². The van der Waals surface area contributed by atoms with Crippen molar-refractivity contribution in [3.05, 3.63) is 89.7 Å². The molecule has 0 atom stereocenters. The van der Waals surface area contributed by atoms with Gasteiger partial charge in [-0.15, -0.1) is 0 Å². The molecule has 138 valence electrons. The van der Waals surface area contributed by atoms with Crippen LogP contribution < -0.4 is 5.43 Å². The van der Waals surface area contributed by atoms with Crippen LogP contribution in [-0.4, -0.2) is 16.7 Å². The molecular weight excluding hydrogens is 355 g/mol. The molecular formula is C20H16F3N3O. The molecule has 0 spiro atoms. The summed E-state index contributed by atoms with van der Waals surface area (Å²) >= 11 is 0. The molecule has 0 radical (unpaired) electrons. The molecule has 27 heavy (non-hydrogen) atoms. The molecule has 0 saturated carbocycles. The van der Waals surface area contributed by atoms with Gasteiger partial charge in [0.25, 0.3) is 0 Å². The Balaban J connectivity index is 1.63. The van der Waals surface area contributed by atoms with Crippen molar-refractivity contribution in [3.8, 4) is 5.69 Å². The Bertz CT molecular complexity index is 946. The van der Waals surface area contributed by atoms with Gasteiger partial charge in [0.1, 0.15) is 0 Å². The zero-order chi connectivity index (χ0) is 19.3. The second-order valence-corrected chi connectivity index (χ2v) is 5.81. The highest BCUT2D eigenvalue weighted by Gasteiger charge is 2.30. The van der Waals surface area contributed by atoms with Gasteiger partial charge in [0.15, 0.2) is 0 Å². The average Bonchev–Trinajstić information content (AvgIpc) is 3.10. The van der Waals surface area contributed by atoms with E-state index in [1.165, 1.54) is 18.3 Å². The van der Waals surface area contributed by atoms with E-state index in [2.05, 4.69) is 10.5 Å². The molecule has 1 N–H and O–H groups in total. The molecule has 2 aromatic carbocycles. The largest absolute Gasteiger partial charge is 0.416 e. The Hall–Kier alpha value is -3.35. The first-order valence-corrected chi connectivity index (χ1v) is 8.14. The summed E-state index contributed by atoms with van der Waals surface area (Å²) < 4.78 is 40.0. The van der Waals surface area contributed by atoms with Crippen LogP contribution in [0.2, 0.25) is 0 Å². The molecule has 0 unspecified atom stereocenters. The number of halogens is 3. The number of hydrogen-bond donors (Lipinski definition) is 1. The zero-order valence-electron chi connectivity index (χ0n) is 14.1. The van der Waals surface area contributed by atoms with Gasteiger partial charge in [-0.2, -0.15) is 18.3 Å². The Kier molecular flexibility index (Phi) is 5.40. The number of benzene rings is 2. The maximum atomic E-state index is 12.7. The minimum atomic E-state index is -4.44. The molecule has 1 amide bonds. The second kappa shape index (κ2) is 7.90. The van der Waals surface area contributed by atoms with Gasteiger partial charge in [-0.1, -0.05) is 36.4 Å². The normalized spacial score (nSPS) is 11.7. The monoisotopic (exact) mass is 371 g/mol. The van der Waals surface area contributed by atoms with Gasteiger partial charge in [0.05, 0.1) is 23.9 Å². The predicted octanol–water partition coefficient (Wildman–Crippen LogP) is 4.19. The van der Waals surface area contributed by atoms with Crippen molar-refractivity contribution in [3.63, 3.8) is 0 Å². The highest BCUT2D eigenvalue weighted by atomic mass is 19.4. The molecule has 3 aromatic rings. The molecule has 1 aromatic heterocycles. The first kappa shape index (κ1) is 18.4. The Morgan fingerprint density at radius 2 is 1.81 bits per heavy atom. The van der Waals surface area contributed by atoms with Crippen LogP contribution in [0.1, 0.15) is 16.8 Å². The van der Waals surface area contributed by atoms with Crippen molar-refractivity contribution in [2.24, 2.45) is 5.10 Å². The molecule has 0 bridgehead atoms. The second-order valence-electron chi connectivity index (χ2n) is 5.81. The number of rotatable bonds is 5. The molecule has 4 nitrogen and oxygen atoms in total. The van der Waals surface area contributed by atoms with Crippen molar-refractivity contribution in [1.29, 1.82) is 0 Å². The summed E-state index contributed by atoms with van der Waals surface area (Å²) in [5.41, 5.74) is 3.52. The molecule has 0 saturated heterocycles. The molecule has 0 aliphatic carbocycles. The summed E-state index contributed by atoms with van der Waals surface area (Å²) in [6.45, 7) is 0. The zero-order valence-corrected chi connectivity index (χ0v) is 14.1.